The van der Waals surface area contributed by atoms with Gasteiger partial charge < -0.3 is 10.0 Å². The lowest BCUT2D eigenvalue weighted by Gasteiger charge is -2.24. The standard InChI is InChI=1S/C17H21FN2O5S/c18-12-4-6-13(7-5-12)26(24,25)19-9-8-15(21)20-10-11-2-1-3-14(11)16(20)17(22)23/h4-7,11,14,16,19H,1-3,8-10H2,(H,22,23). The van der Waals surface area contributed by atoms with Gasteiger partial charge in [0, 0.05) is 19.5 Å². The Morgan fingerprint density at radius 2 is 1.92 bits per heavy atom. The van der Waals surface area contributed by atoms with Crippen molar-refractivity contribution in [2.24, 2.45) is 11.8 Å². The molecule has 142 valence electrons. The summed E-state index contributed by atoms with van der Waals surface area (Å²) < 4.78 is 39.4. The van der Waals surface area contributed by atoms with Gasteiger partial charge in [-0.3, -0.25) is 4.79 Å². The number of hydrogen-bond donors (Lipinski definition) is 2. The third-order valence-electron chi connectivity index (χ3n) is 5.22. The number of carboxylic acids is 1. The second kappa shape index (κ2) is 7.32. The number of carboxylic acid groups (broad SMARTS) is 1. The number of aliphatic carboxylic acids is 1. The van der Waals surface area contributed by atoms with Gasteiger partial charge in [0.2, 0.25) is 15.9 Å². The quantitative estimate of drug-likeness (QED) is 0.767. The number of nitrogens with one attached hydrogen (secondary N) is 1. The highest BCUT2D eigenvalue weighted by atomic mass is 32.2. The van der Waals surface area contributed by atoms with Crippen molar-refractivity contribution in [1.82, 2.24) is 9.62 Å². The first-order valence-electron chi connectivity index (χ1n) is 8.57. The number of hydrogen-bond acceptors (Lipinski definition) is 4. The molecule has 2 aliphatic rings. The Hall–Kier alpha value is -2.00. The molecule has 1 aliphatic heterocycles. The molecule has 2 N–H and O–H groups in total. The molecule has 0 radical (unpaired) electrons. The highest BCUT2D eigenvalue weighted by molar-refractivity contribution is 7.89. The minimum atomic E-state index is -3.84. The number of benzene rings is 1. The topological polar surface area (TPSA) is 104 Å². The van der Waals surface area contributed by atoms with E-state index in [1.807, 2.05) is 0 Å². The van der Waals surface area contributed by atoms with Gasteiger partial charge in [0.05, 0.1) is 4.90 Å². The highest BCUT2D eigenvalue weighted by Crippen LogP contribution is 2.42. The summed E-state index contributed by atoms with van der Waals surface area (Å²) in [5.74, 6) is -1.70. The molecular weight excluding hydrogens is 363 g/mol. The average Bonchev–Trinajstić information content (AvgIpc) is 3.15. The molecule has 1 saturated heterocycles. The van der Waals surface area contributed by atoms with E-state index in [1.165, 1.54) is 4.90 Å². The van der Waals surface area contributed by atoms with Crippen LogP contribution in [-0.2, 0) is 19.6 Å². The summed E-state index contributed by atoms with van der Waals surface area (Å²) in [7, 11) is -3.84. The average molecular weight is 384 g/mol. The Kier molecular flexibility index (Phi) is 5.29. The number of rotatable bonds is 6. The second-order valence-electron chi connectivity index (χ2n) is 6.79. The van der Waals surface area contributed by atoms with Crippen LogP contribution in [0.3, 0.4) is 0 Å². The maximum Gasteiger partial charge on any atom is 0.326 e. The van der Waals surface area contributed by atoms with Crippen LogP contribution in [0, 0.1) is 17.7 Å². The second-order valence-corrected chi connectivity index (χ2v) is 8.55. The minimum absolute atomic E-state index is 0.00708. The van der Waals surface area contributed by atoms with E-state index >= 15 is 0 Å². The molecule has 26 heavy (non-hydrogen) atoms. The van der Waals surface area contributed by atoms with E-state index in [0.717, 1.165) is 43.5 Å². The van der Waals surface area contributed by atoms with Crippen molar-refractivity contribution < 1.29 is 27.5 Å². The fraction of sp³-hybridized carbons (Fsp3) is 0.529. The summed E-state index contributed by atoms with van der Waals surface area (Å²) in [6.07, 6.45) is 2.60. The van der Waals surface area contributed by atoms with Crippen LogP contribution in [0.25, 0.3) is 0 Å². The van der Waals surface area contributed by atoms with E-state index in [9.17, 15) is 27.5 Å². The number of carbonyl (C=O) groups excluding carboxylic acids is 1. The lowest BCUT2D eigenvalue weighted by molar-refractivity contribution is -0.149. The molecule has 0 bridgehead atoms. The van der Waals surface area contributed by atoms with E-state index in [0.29, 0.717) is 6.54 Å². The predicted octanol–water partition coefficient (Wildman–Crippen LogP) is 1.21. The van der Waals surface area contributed by atoms with Crippen LogP contribution in [0.4, 0.5) is 4.39 Å². The van der Waals surface area contributed by atoms with Gasteiger partial charge in [-0.15, -0.1) is 0 Å². The number of amides is 1. The van der Waals surface area contributed by atoms with E-state index < -0.39 is 27.9 Å². The van der Waals surface area contributed by atoms with Gasteiger partial charge in [-0.25, -0.2) is 22.3 Å². The van der Waals surface area contributed by atoms with Crippen LogP contribution < -0.4 is 4.72 Å². The zero-order valence-corrected chi connectivity index (χ0v) is 14.9. The van der Waals surface area contributed by atoms with E-state index in [4.69, 9.17) is 0 Å². The molecule has 1 heterocycles. The lowest BCUT2D eigenvalue weighted by Crippen LogP contribution is -2.44. The minimum Gasteiger partial charge on any atom is -0.480 e. The fourth-order valence-electron chi connectivity index (χ4n) is 4.01. The molecule has 1 aromatic rings. The third-order valence-corrected chi connectivity index (χ3v) is 6.70. The number of fused-ring (bicyclic) bond motifs is 1. The molecule has 0 aromatic heterocycles. The van der Waals surface area contributed by atoms with Crippen molar-refractivity contribution in [1.29, 1.82) is 0 Å². The van der Waals surface area contributed by atoms with E-state index in [1.54, 1.807) is 0 Å². The van der Waals surface area contributed by atoms with Crippen molar-refractivity contribution in [3.8, 4) is 0 Å². The summed E-state index contributed by atoms with van der Waals surface area (Å²) in [6.45, 7) is 0.280. The molecule has 3 rings (SSSR count). The monoisotopic (exact) mass is 384 g/mol. The Morgan fingerprint density at radius 1 is 1.23 bits per heavy atom. The van der Waals surface area contributed by atoms with Crippen LogP contribution in [0.5, 0.6) is 0 Å². The highest BCUT2D eigenvalue weighted by Gasteiger charge is 2.49. The zero-order valence-electron chi connectivity index (χ0n) is 14.1. The van der Waals surface area contributed by atoms with Crippen molar-refractivity contribution >= 4 is 21.9 Å². The summed E-state index contributed by atoms with van der Waals surface area (Å²) >= 11 is 0. The summed E-state index contributed by atoms with van der Waals surface area (Å²) in [5.41, 5.74) is 0. The molecule has 1 aliphatic carbocycles. The largest absolute Gasteiger partial charge is 0.480 e. The van der Waals surface area contributed by atoms with Gasteiger partial charge in [-0.2, -0.15) is 0 Å². The maximum atomic E-state index is 12.9. The summed E-state index contributed by atoms with van der Waals surface area (Å²) in [6, 6.07) is 3.55. The molecule has 1 saturated carbocycles. The summed E-state index contributed by atoms with van der Waals surface area (Å²) in [4.78, 5) is 25.3. The zero-order chi connectivity index (χ0) is 18.9. The van der Waals surface area contributed by atoms with Crippen LogP contribution in [-0.4, -0.2) is 49.4 Å². The first kappa shape index (κ1) is 18.8. The van der Waals surface area contributed by atoms with Crippen LogP contribution >= 0.6 is 0 Å². The molecule has 7 nitrogen and oxygen atoms in total. The van der Waals surface area contributed by atoms with Gasteiger partial charge in [0.25, 0.3) is 0 Å². The molecule has 1 aromatic carbocycles. The van der Waals surface area contributed by atoms with Crippen LogP contribution in [0.1, 0.15) is 25.7 Å². The Morgan fingerprint density at radius 3 is 2.58 bits per heavy atom. The van der Waals surface area contributed by atoms with Gasteiger partial charge in [0.15, 0.2) is 0 Å². The van der Waals surface area contributed by atoms with Crippen molar-refractivity contribution in [3.63, 3.8) is 0 Å². The normalized spacial score (nSPS) is 25.3. The van der Waals surface area contributed by atoms with Crippen LogP contribution in [0.15, 0.2) is 29.2 Å². The summed E-state index contributed by atoms with van der Waals surface area (Å²) in [5, 5.41) is 9.47. The smallest absolute Gasteiger partial charge is 0.326 e. The Bertz CT molecular complexity index is 796. The molecule has 1 amide bonds. The predicted molar refractivity (Wildman–Crippen MR) is 90.2 cm³/mol. The molecule has 9 heteroatoms. The van der Waals surface area contributed by atoms with Gasteiger partial charge >= 0.3 is 5.97 Å². The van der Waals surface area contributed by atoms with Gasteiger partial charge in [-0.05, 0) is 48.9 Å². The SMILES string of the molecule is O=C(O)C1C2CCCC2CN1C(=O)CCNS(=O)(=O)c1ccc(F)cc1. The van der Waals surface area contributed by atoms with Crippen molar-refractivity contribution in [2.75, 3.05) is 13.1 Å². The number of halogens is 1. The molecular formula is C17H21FN2O5S. The van der Waals surface area contributed by atoms with Gasteiger partial charge in [-0.1, -0.05) is 6.42 Å². The van der Waals surface area contributed by atoms with E-state index in [-0.39, 0.29) is 35.6 Å². The Labute approximate surface area is 151 Å². The molecule has 3 unspecified atom stereocenters. The first-order chi connectivity index (χ1) is 12.3. The van der Waals surface area contributed by atoms with Gasteiger partial charge in [0.1, 0.15) is 11.9 Å². The van der Waals surface area contributed by atoms with Crippen molar-refractivity contribution in [2.45, 2.75) is 36.6 Å². The fourth-order valence-corrected chi connectivity index (χ4v) is 5.04. The number of nitrogens with zero attached hydrogens (tertiary/aromatic N) is 1. The van der Waals surface area contributed by atoms with Crippen LogP contribution in [0.2, 0.25) is 0 Å². The first-order valence-corrected chi connectivity index (χ1v) is 10.1. The number of sulfonamides is 1. The van der Waals surface area contributed by atoms with E-state index in [2.05, 4.69) is 4.72 Å². The van der Waals surface area contributed by atoms with Crippen molar-refractivity contribution in [3.05, 3.63) is 30.1 Å². The Balaban J connectivity index is 1.58. The lowest BCUT2D eigenvalue weighted by atomic mass is 9.94. The number of carbonyl (C=O) groups is 2. The molecule has 0 spiro atoms. The molecule has 3 atom stereocenters. The third kappa shape index (κ3) is 3.73. The maximum absolute atomic E-state index is 12.9. The number of likely N-dealkylation sites (tertiary alicyclic amines) is 1. The molecule has 2 fully saturated rings.